The molecule has 0 N–H and O–H groups in total. The summed E-state index contributed by atoms with van der Waals surface area (Å²) in [4.78, 5) is 29.2. The van der Waals surface area contributed by atoms with Gasteiger partial charge in [-0.2, -0.15) is 5.10 Å². The lowest BCUT2D eigenvalue weighted by molar-refractivity contribution is -0.137. The van der Waals surface area contributed by atoms with Crippen molar-refractivity contribution in [2.75, 3.05) is 24.5 Å². The van der Waals surface area contributed by atoms with Crippen LogP contribution in [0, 0.1) is 25.7 Å². The van der Waals surface area contributed by atoms with Gasteiger partial charge in [0, 0.05) is 48.5 Å². The van der Waals surface area contributed by atoms with Crippen molar-refractivity contribution in [3.63, 3.8) is 0 Å². The predicted molar refractivity (Wildman–Crippen MR) is 116 cm³/mol. The number of likely N-dealkylation sites (tertiary alicyclic amines) is 1. The zero-order chi connectivity index (χ0) is 20.5. The minimum atomic E-state index is -0.242. The van der Waals surface area contributed by atoms with Crippen LogP contribution in [0.2, 0.25) is 0 Å². The monoisotopic (exact) mass is 458 g/mol. The van der Waals surface area contributed by atoms with Crippen molar-refractivity contribution in [1.82, 2.24) is 14.7 Å². The molecule has 1 unspecified atom stereocenters. The third-order valence-electron chi connectivity index (χ3n) is 6.05. The summed E-state index contributed by atoms with van der Waals surface area (Å²) >= 11 is 3.45. The van der Waals surface area contributed by atoms with Gasteiger partial charge < -0.3 is 9.80 Å². The number of piperidine rings is 1. The molecular weight excluding hydrogens is 432 g/mol. The number of carbonyl (C=O) groups is 2. The zero-order valence-corrected chi connectivity index (χ0v) is 18.6. The minimum Gasteiger partial charge on any atom is -0.342 e. The molecule has 154 valence electrons. The quantitative estimate of drug-likeness (QED) is 0.703. The van der Waals surface area contributed by atoms with Gasteiger partial charge >= 0.3 is 0 Å². The molecule has 0 radical (unpaired) electrons. The molecule has 0 bridgehead atoms. The molecule has 4 rings (SSSR count). The third kappa shape index (κ3) is 4.39. The molecule has 7 heteroatoms. The molecule has 2 fully saturated rings. The fourth-order valence-corrected chi connectivity index (χ4v) is 4.85. The molecule has 1 aromatic heterocycles. The molecule has 2 aromatic rings. The summed E-state index contributed by atoms with van der Waals surface area (Å²) in [5, 5.41) is 4.56. The Labute approximate surface area is 180 Å². The van der Waals surface area contributed by atoms with E-state index in [1.165, 1.54) is 5.69 Å². The standard InChI is InChI=1S/C22H27BrN4O2/c1-15-10-16(2)27(24-15)13-17-6-8-25(9-7-17)22(29)18-11-21(28)26(14-18)20-5-3-4-19(23)12-20/h3-5,10,12,17-18H,6-9,11,13-14H2,1-2H3. The lowest BCUT2D eigenvalue weighted by Gasteiger charge is -2.33. The normalized spacial score (nSPS) is 20.5. The number of halogens is 1. The molecule has 2 aliphatic heterocycles. The minimum absolute atomic E-state index is 0.0286. The van der Waals surface area contributed by atoms with Gasteiger partial charge in [-0.1, -0.05) is 22.0 Å². The van der Waals surface area contributed by atoms with Crippen LogP contribution in [0.5, 0.6) is 0 Å². The van der Waals surface area contributed by atoms with Crippen LogP contribution in [0.25, 0.3) is 0 Å². The highest BCUT2D eigenvalue weighted by atomic mass is 79.9. The third-order valence-corrected chi connectivity index (χ3v) is 6.55. The van der Waals surface area contributed by atoms with Crippen LogP contribution in [-0.4, -0.2) is 46.1 Å². The Hall–Kier alpha value is -2.15. The van der Waals surface area contributed by atoms with Gasteiger partial charge in [0.25, 0.3) is 0 Å². The molecule has 2 saturated heterocycles. The Morgan fingerprint density at radius 2 is 1.97 bits per heavy atom. The molecule has 0 saturated carbocycles. The van der Waals surface area contributed by atoms with Crippen molar-refractivity contribution < 1.29 is 9.59 Å². The van der Waals surface area contributed by atoms with Gasteiger partial charge in [-0.25, -0.2) is 0 Å². The highest BCUT2D eigenvalue weighted by molar-refractivity contribution is 9.10. The molecule has 1 atom stereocenters. The summed E-state index contributed by atoms with van der Waals surface area (Å²) in [5.41, 5.74) is 3.09. The first kappa shape index (κ1) is 20.1. The zero-order valence-electron chi connectivity index (χ0n) is 17.0. The highest BCUT2D eigenvalue weighted by Gasteiger charge is 2.38. The van der Waals surface area contributed by atoms with E-state index in [4.69, 9.17) is 0 Å². The number of benzene rings is 1. The Kier molecular flexibility index (Phi) is 5.76. The van der Waals surface area contributed by atoms with Crippen molar-refractivity contribution >= 4 is 33.4 Å². The molecule has 2 aliphatic rings. The summed E-state index contributed by atoms with van der Waals surface area (Å²) in [6.07, 6.45) is 2.28. The maximum absolute atomic E-state index is 13.0. The van der Waals surface area contributed by atoms with E-state index in [-0.39, 0.29) is 17.7 Å². The highest BCUT2D eigenvalue weighted by Crippen LogP contribution is 2.29. The summed E-state index contributed by atoms with van der Waals surface area (Å²) < 4.78 is 3.02. The van der Waals surface area contributed by atoms with E-state index in [9.17, 15) is 9.59 Å². The topological polar surface area (TPSA) is 58.4 Å². The number of amides is 2. The second-order valence-electron chi connectivity index (χ2n) is 8.26. The van der Waals surface area contributed by atoms with Crippen LogP contribution < -0.4 is 4.90 Å². The van der Waals surface area contributed by atoms with E-state index < -0.39 is 0 Å². The second-order valence-corrected chi connectivity index (χ2v) is 9.18. The van der Waals surface area contributed by atoms with Crippen molar-refractivity contribution in [1.29, 1.82) is 0 Å². The first-order valence-electron chi connectivity index (χ1n) is 10.3. The van der Waals surface area contributed by atoms with E-state index in [2.05, 4.69) is 38.7 Å². The number of hydrogen-bond acceptors (Lipinski definition) is 3. The van der Waals surface area contributed by atoms with Crippen LogP contribution in [0.15, 0.2) is 34.8 Å². The number of carbonyl (C=O) groups excluding carboxylic acids is 2. The lowest BCUT2D eigenvalue weighted by Crippen LogP contribution is -2.43. The van der Waals surface area contributed by atoms with Crippen LogP contribution in [0.3, 0.4) is 0 Å². The Morgan fingerprint density at radius 1 is 1.21 bits per heavy atom. The number of aryl methyl sites for hydroxylation is 2. The van der Waals surface area contributed by atoms with E-state index in [0.29, 0.717) is 18.9 Å². The Balaban J connectivity index is 1.33. The first-order chi connectivity index (χ1) is 13.9. The molecule has 1 aromatic carbocycles. The number of rotatable bonds is 4. The Morgan fingerprint density at radius 3 is 2.62 bits per heavy atom. The lowest BCUT2D eigenvalue weighted by atomic mass is 9.95. The van der Waals surface area contributed by atoms with Crippen LogP contribution in [0.4, 0.5) is 5.69 Å². The van der Waals surface area contributed by atoms with Crippen LogP contribution >= 0.6 is 15.9 Å². The SMILES string of the molecule is Cc1cc(C)n(CC2CCN(C(=O)C3CC(=O)N(c4cccc(Br)c4)C3)CC2)n1. The molecule has 29 heavy (non-hydrogen) atoms. The first-order valence-corrected chi connectivity index (χ1v) is 11.1. The molecule has 3 heterocycles. The van der Waals surface area contributed by atoms with Gasteiger partial charge in [0.15, 0.2) is 0 Å². The van der Waals surface area contributed by atoms with Crippen LogP contribution in [-0.2, 0) is 16.1 Å². The van der Waals surface area contributed by atoms with Crippen molar-refractivity contribution in [2.45, 2.75) is 39.7 Å². The predicted octanol–water partition coefficient (Wildman–Crippen LogP) is 3.55. The van der Waals surface area contributed by atoms with E-state index in [0.717, 1.165) is 48.3 Å². The van der Waals surface area contributed by atoms with Gasteiger partial charge in [-0.3, -0.25) is 14.3 Å². The van der Waals surface area contributed by atoms with Gasteiger partial charge in [-0.15, -0.1) is 0 Å². The molecule has 0 spiro atoms. The number of aromatic nitrogens is 2. The average molecular weight is 459 g/mol. The molecule has 2 amide bonds. The summed E-state index contributed by atoms with van der Waals surface area (Å²) in [5.74, 6) is 0.454. The van der Waals surface area contributed by atoms with Gasteiger partial charge in [-0.05, 0) is 56.9 Å². The van der Waals surface area contributed by atoms with Gasteiger partial charge in [0.1, 0.15) is 0 Å². The maximum atomic E-state index is 13.0. The summed E-state index contributed by atoms with van der Waals surface area (Å²) in [6.45, 7) is 7.03. The number of anilines is 1. The fourth-order valence-electron chi connectivity index (χ4n) is 4.47. The summed E-state index contributed by atoms with van der Waals surface area (Å²) in [7, 11) is 0. The Bertz CT molecular complexity index is 917. The van der Waals surface area contributed by atoms with Crippen molar-refractivity contribution in [3.05, 3.63) is 46.2 Å². The van der Waals surface area contributed by atoms with Crippen molar-refractivity contribution in [3.8, 4) is 0 Å². The van der Waals surface area contributed by atoms with Gasteiger partial charge in [0.05, 0.1) is 11.6 Å². The smallest absolute Gasteiger partial charge is 0.228 e. The van der Waals surface area contributed by atoms with E-state index in [1.54, 1.807) is 4.90 Å². The number of nitrogens with zero attached hydrogens (tertiary/aromatic N) is 4. The maximum Gasteiger partial charge on any atom is 0.228 e. The van der Waals surface area contributed by atoms with E-state index >= 15 is 0 Å². The van der Waals surface area contributed by atoms with Crippen molar-refractivity contribution in [2.24, 2.45) is 11.8 Å². The number of hydrogen-bond donors (Lipinski definition) is 0. The molecule has 0 aliphatic carbocycles. The largest absolute Gasteiger partial charge is 0.342 e. The van der Waals surface area contributed by atoms with Gasteiger partial charge in [0.2, 0.25) is 11.8 Å². The summed E-state index contributed by atoms with van der Waals surface area (Å²) in [6, 6.07) is 9.79. The molecule has 6 nitrogen and oxygen atoms in total. The van der Waals surface area contributed by atoms with E-state index in [1.807, 2.05) is 36.1 Å². The second kappa shape index (κ2) is 8.30. The van der Waals surface area contributed by atoms with Crippen LogP contribution in [0.1, 0.15) is 30.7 Å². The fraction of sp³-hybridized carbons (Fsp3) is 0.500. The average Bonchev–Trinajstić information content (AvgIpc) is 3.23. The molecular formula is C22H27BrN4O2.